The summed E-state index contributed by atoms with van der Waals surface area (Å²) in [7, 11) is 0. The van der Waals surface area contributed by atoms with Gasteiger partial charge in [0.05, 0.1) is 14.8 Å². The number of carbonyl (C=O) groups is 1. The van der Waals surface area contributed by atoms with Crippen LogP contribution in [-0.4, -0.2) is 22.5 Å². The third-order valence-electron chi connectivity index (χ3n) is 2.74. The lowest BCUT2D eigenvalue weighted by Crippen LogP contribution is -2.25. The molecule has 2 N–H and O–H groups in total. The topological polar surface area (TPSA) is 92.5 Å². The molecule has 110 valence electrons. The fourth-order valence-corrected chi connectivity index (χ4v) is 2.83. The number of carbonyl (C=O) groups excluding carboxylic acids is 1. The van der Waals surface area contributed by atoms with Crippen molar-refractivity contribution in [1.82, 2.24) is 5.32 Å². The van der Waals surface area contributed by atoms with Crippen LogP contribution in [0.1, 0.15) is 15.2 Å². The molecule has 6 nitrogen and oxygen atoms in total. The van der Waals surface area contributed by atoms with Crippen molar-refractivity contribution in [3.8, 4) is 5.75 Å². The highest BCUT2D eigenvalue weighted by Gasteiger charge is 2.20. The first kappa shape index (κ1) is 15.3. The maximum Gasteiger partial charge on any atom is 0.311 e. The molecule has 1 aromatic heterocycles. The van der Waals surface area contributed by atoms with Gasteiger partial charge in [0.2, 0.25) is 5.75 Å². The minimum atomic E-state index is -0.736. The molecule has 0 atom stereocenters. The van der Waals surface area contributed by atoms with Crippen LogP contribution in [-0.2, 0) is 6.42 Å². The van der Waals surface area contributed by atoms with Crippen molar-refractivity contribution in [2.75, 3.05) is 6.54 Å². The lowest BCUT2D eigenvalue weighted by atomic mass is 10.1. The molecule has 2 rings (SSSR count). The van der Waals surface area contributed by atoms with Crippen LogP contribution in [0.4, 0.5) is 5.69 Å². The number of nitro groups is 1. The first-order valence-corrected chi connectivity index (χ1v) is 7.17. The number of hydrogen-bond donors (Lipinski definition) is 2. The summed E-state index contributed by atoms with van der Waals surface area (Å²) < 4.78 is 0.674. The van der Waals surface area contributed by atoms with E-state index in [1.807, 2.05) is 6.07 Å². The Morgan fingerprint density at radius 3 is 2.76 bits per heavy atom. The molecule has 0 spiro atoms. The maximum atomic E-state index is 11.9. The van der Waals surface area contributed by atoms with E-state index in [0.29, 0.717) is 17.3 Å². The van der Waals surface area contributed by atoms with E-state index >= 15 is 0 Å². The van der Waals surface area contributed by atoms with Gasteiger partial charge in [-0.25, -0.2) is 0 Å². The van der Waals surface area contributed by atoms with Gasteiger partial charge in [0.25, 0.3) is 5.91 Å². The van der Waals surface area contributed by atoms with Gasteiger partial charge in [0.15, 0.2) is 0 Å². The van der Waals surface area contributed by atoms with Crippen LogP contribution in [0.25, 0.3) is 0 Å². The van der Waals surface area contributed by atoms with Gasteiger partial charge < -0.3 is 10.4 Å². The van der Waals surface area contributed by atoms with Crippen LogP contribution in [0.15, 0.2) is 30.3 Å². The summed E-state index contributed by atoms with van der Waals surface area (Å²) in [6.45, 7) is 0.345. The van der Waals surface area contributed by atoms with Gasteiger partial charge in [-0.3, -0.25) is 14.9 Å². The van der Waals surface area contributed by atoms with E-state index < -0.39 is 22.3 Å². The van der Waals surface area contributed by atoms with Crippen LogP contribution < -0.4 is 5.32 Å². The van der Waals surface area contributed by atoms with Crippen molar-refractivity contribution in [3.05, 3.63) is 55.2 Å². The smallest absolute Gasteiger partial charge is 0.311 e. The standard InChI is InChI=1S/C13H11ClN2O4S/c14-11-5-4-8(21-11)6-7-15-13(18)9-2-1-3-10(12(9)17)16(19)20/h1-5,17H,6-7H2,(H,15,18). The highest BCUT2D eigenvalue weighted by Crippen LogP contribution is 2.29. The van der Waals surface area contributed by atoms with E-state index in [-0.39, 0.29) is 5.56 Å². The molecule has 0 aliphatic carbocycles. The molecule has 0 aliphatic rings. The number of thiophene rings is 1. The molecule has 0 radical (unpaired) electrons. The van der Waals surface area contributed by atoms with E-state index in [0.717, 1.165) is 10.9 Å². The number of halogens is 1. The number of amides is 1. The van der Waals surface area contributed by atoms with Crippen LogP contribution >= 0.6 is 22.9 Å². The Morgan fingerprint density at radius 1 is 1.38 bits per heavy atom. The minimum Gasteiger partial charge on any atom is -0.502 e. The molecule has 0 aliphatic heterocycles. The summed E-state index contributed by atoms with van der Waals surface area (Å²) in [5.74, 6) is -1.18. The highest BCUT2D eigenvalue weighted by atomic mass is 35.5. The quantitative estimate of drug-likeness (QED) is 0.652. The molecular formula is C13H11ClN2O4S. The first-order chi connectivity index (χ1) is 9.99. The van der Waals surface area contributed by atoms with Crippen LogP contribution in [0.3, 0.4) is 0 Å². The van der Waals surface area contributed by atoms with Gasteiger partial charge in [-0.1, -0.05) is 17.7 Å². The Hall–Kier alpha value is -2.12. The third-order valence-corrected chi connectivity index (χ3v) is 4.03. The molecular weight excluding hydrogens is 316 g/mol. The fourth-order valence-electron chi connectivity index (χ4n) is 1.74. The van der Waals surface area contributed by atoms with Crippen LogP contribution in [0.5, 0.6) is 5.75 Å². The van der Waals surface area contributed by atoms with Gasteiger partial charge in [-0.2, -0.15) is 0 Å². The second-order valence-electron chi connectivity index (χ2n) is 4.14. The number of nitro benzene ring substituents is 1. The number of hydrogen-bond acceptors (Lipinski definition) is 5. The Balaban J connectivity index is 2.00. The molecule has 0 saturated heterocycles. The van der Waals surface area contributed by atoms with Crippen molar-refractivity contribution >= 4 is 34.5 Å². The fraction of sp³-hybridized carbons (Fsp3) is 0.154. The Kier molecular flexibility index (Phi) is 4.77. The molecule has 2 aromatic rings. The average Bonchev–Trinajstić information content (AvgIpc) is 2.84. The Labute approximate surface area is 129 Å². The normalized spacial score (nSPS) is 10.3. The number of phenols is 1. The second kappa shape index (κ2) is 6.55. The number of benzene rings is 1. The van der Waals surface area contributed by atoms with Gasteiger partial charge >= 0.3 is 5.69 Å². The van der Waals surface area contributed by atoms with Crippen LogP contribution in [0.2, 0.25) is 4.34 Å². The largest absolute Gasteiger partial charge is 0.502 e. The summed E-state index contributed by atoms with van der Waals surface area (Å²) in [4.78, 5) is 22.9. The first-order valence-electron chi connectivity index (χ1n) is 5.98. The Morgan fingerprint density at radius 2 is 2.14 bits per heavy atom. The summed E-state index contributed by atoms with van der Waals surface area (Å²) in [5, 5.41) is 23.0. The molecule has 0 saturated carbocycles. The van der Waals surface area contributed by atoms with Gasteiger partial charge in [0.1, 0.15) is 0 Å². The van der Waals surface area contributed by atoms with Gasteiger partial charge in [-0.15, -0.1) is 11.3 Å². The van der Waals surface area contributed by atoms with Crippen LogP contribution in [0, 0.1) is 10.1 Å². The molecule has 0 fully saturated rings. The number of para-hydroxylation sites is 1. The van der Waals surface area contributed by atoms with E-state index in [1.54, 1.807) is 6.07 Å². The molecule has 1 amide bonds. The lowest BCUT2D eigenvalue weighted by molar-refractivity contribution is -0.385. The predicted octanol–water partition coefficient (Wildman–Crippen LogP) is 2.99. The summed E-state index contributed by atoms with van der Waals surface area (Å²) in [6.07, 6.45) is 0.596. The molecule has 8 heteroatoms. The van der Waals surface area contributed by atoms with Crippen molar-refractivity contribution in [2.24, 2.45) is 0 Å². The zero-order chi connectivity index (χ0) is 15.4. The number of phenolic OH excluding ortho intramolecular Hbond substituents is 1. The number of rotatable bonds is 5. The zero-order valence-corrected chi connectivity index (χ0v) is 12.3. The van der Waals surface area contributed by atoms with Crippen molar-refractivity contribution in [2.45, 2.75) is 6.42 Å². The molecule has 0 unspecified atom stereocenters. The maximum absolute atomic E-state index is 11.9. The summed E-state index contributed by atoms with van der Waals surface area (Å²) in [5.41, 5.74) is -0.610. The molecule has 21 heavy (non-hydrogen) atoms. The summed E-state index contributed by atoms with van der Waals surface area (Å²) >= 11 is 7.22. The van der Waals surface area contributed by atoms with Gasteiger partial charge in [0, 0.05) is 17.5 Å². The number of aromatic hydroxyl groups is 1. The monoisotopic (exact) mass is 326 g/mol. The second-order valence-corrected chi connectivity index (χ2v) is 5.94. The minimum absolute atomic E-state index is 0.117. The molecule has 1 heterocycles. The van der Waals surface area contributed by atoms with Crippen molar-refractivity contribution in [1.29, 1.82) is 0 Å². The number of nitrogens with one attached hydrogen (secondary N) is 1. The number of nitrogens with zero attached hydrogens (tertiary/aromatic N) is 1. The SMILES string of the molecule is O=C(NCCc1ccc(Cl)s1)c1cccc([N+](=O)[O-])c1O. The van der Waals surface area contributed by atoms with Crippen molar-refractivity contribution in [3.63, 3.8) is 0 Å². The van der Waals surface area contributed by atoms with E-state index in [1.165, 1.54) is 23.5 Å². The molecule has 1 aromatic carbocycles. The highest BCUT2D eigenvalue weighted by molar-refractivity contribution is 7.16. The summed E-state index contributed by atoms with van der Waals surface area (Å²) in [6, 6.07) is 7.46. The van der Waals surface area contributed by atoms with E-state index in [4.69, 9.17) is 11.6 Å². The van der Waals surface area contributed by atoms with Gasteiger partial charge in [-0.05, 0) is 24.6 Å². The molecule has 0 bridgehead atoms. The zero-order valence-electron chi connectivity index (χ0n) is 10.7. The lowest BCUT2D eigenvalue weighted by Gasteiger charge is -2.06. The van der Waals surface area contributed by atoms with E-state index in [9.17, 15) is 20.0 Å². The van der Waals surface area contributed by atoms with Crippen molar-refractivity contribution < 1.29 is 14.8 Å². The third kappa shape index (κ3) is 3.71. The Bertz CT molecular complexity index is 687. The average molecular weight is 327 g/mol. The predicted molar refractivity (Wildman–Crippen MR) is 80.1 cm³/mol. The van der Waals surface area contributed by atoms with E-state index in [2.05, 4.69) is 5.32 Å².